The van der Waals surface area contributed by atoms with Crippen molar-refractivity contribution in [3.8, 4) is 5.75 Å². The number of piperidine rings is 1. The number of alkyl halides is 2. The highest BCUT2D eigenvalue weighted by Gasteiger charge is 2.24. The van der Waals surface area contributed by atoms with Gasteiger partial charge < -0.3 is 10.1 Å². The van der Waals surface area contributed by atoms with E-state index in [1.165, 1.54) is 23.8 Å². The average Bonchev–Trinajstić information content (AvgIpc) is 3.04. The van der Waals surface area contributed by atoms with Gasteiger partial charge in [0.05, 0.1) is 17.8 Å². The van der Waals surface area contributed by atoms with Gasteiger partial charge in [-0.05, 0) is 62.5 Å². The minimum Gasteiger partial charge on any atom is -0.433 e. The second kappa shape index (κ2) is 8.67. The zero-order chi connectivity index (χ0) is 19.4. The van der Waals surface area contributed by atoms with Crippen LogP contribution in [0.4, 0.5) is 14.5 Å². The van der Waals surface area contributed by atoms with Crippen molar-refractivity contribution < 1.29 is 18.3 Å². The fraction of sp³-hybridized carbons (Fsp3) is 0.444. The summed E-state index contributed by atoms with van der Waals surface area (Å²) in [4.78, 5) is 14.4. The number of rotatable bonds is 6. The maximum atomic E-state index is 12.3. The van der Waals surface area contributed by atoms with E-state index < -0.39 is 6.61 Å². The Morgan fingerprint density at radius 1 is 1.44 bits per heavy atom. The van der Waals surface area contributed by atoms with Gasteiger partial charge in [0.15, 0.2) is 0 Å². The van der Waals surface area contributed by atoms with Gasteiger partial charge in [-0.3, -0.25) is 14.8 Å². The topological polar surface area (TPSA) is 70.2 Å². The molecular weight excluding hydrogens is 378 g/mol. The van der Waals surface area contributed by atoms with E-state index in [1.807, 2.05) is 13.1 Å². The third-order valence-electron chi connectivity index (χ3n) is 4.70. The monoisotopic (exact) mass is 398 g/mol. The van der Waals surface area contributed by atoms with Crippen LogP contribution in [-0.2, 0) is 4.79 Å². The van der Waals surface area contributed by atoms with Crippen molar-refractivity contribution in [3.05, 3.63) is 40.7 Å². The van der Waals surface area contributed by atoms with Crippen LogP contribution in [0, 0.1) is 6.92 Å². The smallest absolute Gasteiger partial charge is 0.387 e. The molecule has 0 atom stereocenters. The van der Waals surface area contributed by atoms with Gasteiger partial charge in [0.1, 0.15) is 5.75 Å². The van der Waals surface area contributed by atoms with Crippen LogP contribution in [0.3, 0.4) is 0 Å². The predicted octanol–water partition coefficient (Wildman–Crippen LogP) is 3.79. The summed E-state index contributed by atoms with van der Waals surface area (Å²) in [7, 11) is 0. The van der Waals surface area contributed by atoms with E-state index in [0.717, 1.165) is 31.6 Å². The van der Waals surface area contributed by atoms with E-state index >= 15 is 0 Å². The minimum absolute atomic E-state index is 0.0180. The van der Waals surface area contributed by atoms with Crippen LogP contribution in [-0.4, -0.2) is 47.3 Å². The van der Waals surface area contributed by atoms with Gasteiger partial charge in [-0.2, -0.15) is 13.9 Å². The molecule has 2 aromatic rings. The van der Waals surface area contributed by atoms with Gasteiger partial charge in [0, 0.05) is 11.4 Å². The minimum atomic E-state index is -2.95. The number of likely N-dealkylation sites (tertiary alicyclic amines) is 1. The van der Waals surface area contributed by atoms with E-state index in [2.05, 4.69) is 25.2 Å². The summed E-state index contributed by atoms with van der Waals surface area (Å²) in [6.45, 7) is 0.987. The van der Waals surface area contributed by atoms with Gasteiger partial charge >= 0.3 is 6.61 Å². The van der Waals surface area contributed by atoms with Crippen LogP contribution >= 0.6 is 11.6 Å². The van der Waals surface area contributed by atoms with Crippen LogP contribution in [0.1, 0.15) is 30.0 Å². The highest BCUT2D eigenvalue weighted by atomic mass is 35.5. The van der Waals surface area contributed by atoms with Gasteiger partial charge in [0.25, 0.3) is 0 Å². The summed E-state index contributed by atoms with van der Waals surface area (Å²) in [5, 5.41) is 9.80. The highest BCUT2D eigenvalue weighted by molar-refractivity contribution is 6.32. The molecule has 6 nitrogen and oxygen atoms in total. The third-order valence-corrected chi connectivity index (χ3v) is 4.99. The molecule has 0 spiro atoms. The lowest BCUT2D eigenvalue weighted by Crippen LogP contribution is -2.38. The predicted molar refractivity (Wildman–Crippen MR) is 98.5 cm³/mol. The molecule has 0 radical (unpaired) electrons. The van der Waals surface area contributed by atoms with E-state index in [4.69, 9.17) is 11.6 Å². The zero-order valence-corrected chi connectivity index (χ0v) is 15.6. The van der Waals surface area contributed by atoms with Gasteiger partial charge in [-0.25, -0.2) is 0 Å². The summed E-state index contributed by atoms with van der Waals surface area (Å²) >= 11 is 5.90. The fourth-order valence-corrected chi connectivity index (χ4v) is 3.57. The zero-order valence-electron chi connectivity index (χ0n) is 14.8. The summed E-state index contributed by atoms with van der Waals surface area (Å²) in [6, 6.07) is 4.18. The first-order valence-electron chi connectivity index (χ1n) is 8.69. The number of nitrogens with one attached hydrogen (secondary N) is 2. The molecule has 1 aromatic heterocycles. The Bertz CT molecular complexity index is 791. The van der Waals surface area contributed by atoms with E-state index in [9.17, 15) is 13.6 Å². The second-order valence-electron chi connectivity index (χ2n) is 6.57. The number of carbonyl (C=O) groups excluding carboxylic acids is 1. The van der Waals surface area contributed by atoms with Crippen LogP contribution in [0.5, 0.6) is 5.75 Å². The van der Waals surface area contributed by atoms with Crippen LogP contribution < -0.4 is 10.1 Å². The number of H-pyrrole nitrogens is 1. The summed E-state index contributed by atoms with van der Waals surface area (Å²) in [5.74, 6) is 0.164. The number of nitrogens with zero attached hydrogens (tertiary/aromatic N) is 2. The van der Waals surface area contributed by atoms with Crippen LogP contribution in [0.25, 0.3) is 0 Å². The Hall–Kier alpha value is -2.19. The number of hydrogen-bond acceptors (Lipinski definition) is 4. The van der Waals surface area contributed by atoms with Crippen molar-refractivity contribution in [1.29, 1.82) is 0 Å². The lowest BCUT2D eigenvalue weighted by atomic mass is 9.90. The third kappa shape index (κ3) is 5.17. The first-order chi connectivity index (χ1) is 12.9. The van der Waals surface area contributed by atoms with Crippen molar-refractivity contribution in [2.75, 3.05) is 25.0 Å². The lowest BCUT2D eigenvalue weighted by Gasteiger charge is -2.31. The van der Waals surface area contributed by atoms with E-state index in [1.54, 1.807) is 0 Å². The van der Waals surface area contributed by atoms with Crippen molar-refractivity contribution in [2.45, 2.75) is 32.3 Å². The molecule has 1 fully saturated rings. The largest absolute Gasteiger partial charge is 0.433 e. The Balaban J connectivity index is 1.49. The molecule has 146 valence electrons. The Kier molecular flexibility index (Phi) is 6.28. The van der Waals surface area contributed by atoms with Gasteiger partial charge in [-0.1, -0.05) is 11.6 Å². The standard InChI is InChI=1S/C18H21ClF2N4O2/c1-11-14(9-22-24-11)12-4-6-25(7-5-12)10-17(26)23-13-2-3-16(15(19)8-13)27-18(20)21/h2-3,8-9,12,18H,4-7,10H2,1H3,(H,22,24)(H,23,26). The highest BCUT2D eigenvalue weighted by Crippen LogP contribution is 2.30. The molecule has 1 aliphatic rings. The Morgan fingerprint density at radius 3 is 2.78 bits per heavy atom. The molecular formula is C18H21ClF2N4O2. The summed E-state index contributed by atoms with van der Waals surface area (Å²) in [6.07, 6.45) is 3.83. The first-order valence-corrected chi connectivity index (χ1v) is 9.06. The molecule has 27 heavy (non-hydrogen) atoms. The normalized spacial score (nSPS) is 15.9. The number of ether oxygens (including phenoxy) is 1. The number of aromatic amines is 1. The molecule has 1 aliphatic heterocycles. The Morgan fingerprint density at radius 2 is 2.19 bits per heavy atom. The average molecular weight is 399 g/mol. The molecule has 2 heterocycles. The maximum Gasteiger partial charge on any atom is 0.387 e. The number of anilines is 1. The molecule has 1 aromatic carbocycles. The maximum absolute atomic E-state index is 12.3. The molecule has 1 saturated heterocycles. The van der Waals surface area contributed by atoms with E-state index in [-0.39, 0.29) is 23.2 Å². The molecule has 0 unspecified atom stereocenters. The van der Waals surface area contributed by atoms with Crippen molar-refractivity contribution in [2.24, 2.45) is 0 Å². The number of carbonyl (C=O) groups is 1. The summed E-state index contributed by atoms with van der Waals surface area (Å²) < 4.78 is 28.8. The van der Waals surface area contributed by atoms with Crippen molar-refractivity contribution in [3.63, 3.8) is 0 Å². The second-order valence-corrected chi connectivity index (χ2v) is 6.98. The molecule has 0 aliphatic carbocycles. The van der Waals surface area contributed by atoms with E-state index in [0.29, 0.717) is 11.6 Å². The number of aromatic nitrogens is 2. The SMILES string of the molecule is Cc1[nH]ncc1C1CCN(CC(=O)Nc2ccc(OC(F)F)c(Cl)c2)CC1. The van der Waals surface area contributed by atoms with Gasteiger partial charge in [0.2, 0.25) is 5.91 Å². The quantitative estimate of drug-likeness (QED) is 0.776. The molecule has 2 N–H and O–H groups in total. The Labute approximate surface area is 160 Å². The molecule has 0 saturated carbocycles. The fourth-order valence-electron chi connectivity index (χ4n) is 3.35. The number of halogens is 3. The summed E-state index contributed by atoms with van der Waals surface area (Å²) in [5.41, 5.74) is 2.79. The lowest BCUT2D eigenvalue weighted by molar-refractivity contribution is -0.117. The van der Waals surface area contributed by atoms with Crippen LogP contribution in [0.2, 0.25) is 5.02 Å². The molecule has 3 rings (SSSR count). The molecule has 9 heteroatoms. The molecule has 1 amide bonds. The van der Waals surface area contributed by atoms with Crippen LogP contribution in [0.15, 0.2) is 24.4 Å². The number of aryl methyl sites for hydroxylation is 1. The van der Waals surface area contributed by atoms with Crippen molar-refractivity contribution in [1.82, 2.24) is 15.1 Å². The number of benzene rings is 1. The van der Waals surface area contributed by atoms with Gasteiger partial charge in [-0.15, -0.1) is 0 Å². The first kappa shape index (κ1) is 19.6. The van der Waals surface area contributed by atoms with Crippen molar-refractivity contribution >= 4 is 23.2 Å². The number of hydrogen-bond donors (Lipinski definition) is 2. The molecule has 0 bridgehead atoms. The number of amides is 1.